The molecule has 0 saturated carbocycles. The number of piperidine rings is 1. The zero-order valence-corrected chi connectivity index (χ0v) is 21.1. The van der Waals surface area contributed by atoms with Gasteiger partial charge < -0.3 is 10.2 Å². The van der Waals surface area contributed by atoms with Gasteiger partial charge in [-0.2, -0.15) is 0 Å². The number of halogens is 2. The number of aryl methyl sites for hydroxylation is 1. The minimum absolute atomic E-state index is 0.0710. The van der Waals surface area contributed by atoms with Gasteiger partial charge in [-0.1, -0.05) is 63.2 Å². The van der Waals surface area contributed by atoms with E-state index >= 15 is 0 Å². The van der Waals surface area contributed by atoms with E-state index in [0.29, 0.717) is 25.1 Å². The highest BCUT2D eigenvalue weighted by molar-refractivity contribution is 5.98. The summed E-state index contributed by atoms with van der Waals surface area (Å²) in [5, 5.41) is 3.05. The van der Waals surface area contributed by atoms with Gasteiger partial charge >= 0.3 is 0 Å². The first-order valence-corrected chi connectivity index (χ1v) is 12.3. The van der Waals surface area contributed by atoms with Gasteiger partial charge in [0, 0.05) is 18.3 Å². The maximum Gasteiger partial charge on any atom is 0.257 e. The third-order valence-electron chi connectivity index (χ3n) is 6.83. The molecule has 1 saturated heterocycles. The van der Waals surface area contributed by atoms with E-state index in [4.69, 9.17) is 0 Å². The monoisotopic (exact) mass is 490 g/mol. The average Bonchev–Trinajstić information content (AvgIpc) is 2.83. The third-order valence-corrected chi connectivity index (χ3v) is 6.83. The van der Waals surface area contributed by atoms with Gasteiger partial charge in [-0.05, 0) is 60.1 Å². The molecule has 0 spiro atoms. The number of carbonyl (C=O) groups excluding carboxylic acids is 2. The van der Waals surface area contributed by atoms with Crippen molar-refractivity contribution in [2.45, 2.75) is 52.0 Å². The number of hydrogen-bond acceptors (Lipinski definition) is 2. The molecule has 0 aliphatic carbocycles. The van der Waals surface area contributed by atoms with Crippen LogP contribution in [0.15, 0.2) is 66.7 Å². The Labute approximate surface area is 211 Å². The summed E-state index contributed by atoms with van der Waals surface area (Å²) in [5.41, 5.74) is 2.60. The molecule has 0 bridgehead atoms. The molecule has 6 heteroatoms. The van der Waals surface area contributed by atoms with Crippen LogP contribution < -0.4 is 5.32 Å². The molecule has 2 amide bonds. The van der Waals surface area contributed by atoms with Crippen molar-refractivity contribution in [3.05, 3.63) is 101 Å². The maximum absolute atomic E-state index is 14.8. The number of benzene rings is 3. The molecule has 2 atom stereocenters. The van der Waals surface area contributed by atoms with E-state index in [0.717, 1.165) is 23.3 Å². The van der Waals surface area contributed by atoms with Crippen molar-refractivity contribution in [2.24, 2.45) is 5.92 Å². The molecule has 3 aromatic rings. The fraction of sp³-hybridized carbons (Fsp3) is 0.333. The predicted octanol–water partition coefficient (Wildman–Crippen LogP) is 6.80. The van der Waals surface area contributed by atoms with Gasteiger partial charge in [-0.25, -0.2) is 8.78 Å². The maximum atomic E-state index is 14.8. The number of likely N-dealkylation sites (tertiary alicyclic amines) is 1. The number of nitrogens with zero attached hydrogens (tertiary/aromatic N) is 1. The number of nitrogens with one attached hydrogen (secondary N) is 1. The number of anilines is 1. The smallest absolute Gasteiger partial charge is 0.257 e. The molecule has 1 unspecified atom stereocenters. The Bertz CT molecular complexity index is 1240. The SMILES string of the molecule is Cc1cc(F)cc(F)c1C(=O)N1CCCC(C(=O)Nc2cccc(C(C)(C)C)c2)[C@@H]1c1ccccc1. The second kappa shape index (κ2) is 10.2. The van der Waals surface area contributed by atoms with Gasteiger partial charge in [0.15, 0.2) is 0 Å². The summed E-state index contributed by atoms with van der Waals surface area (Å²) in [5.74, 6) is -2.88. The first-order chi connectivity index (χ1) is 17.1. The number of rotatable bonds is 4. The van der Waals surface area contributed by atoms with Gasteiger partial charge in [0.25, 0.3) is 5.91 Å². The van der Waals surface area contributed by atoms with Crippen LogP contribution in [0.25, 0.3) is 0 Å². The lowest BCUT2D eigenvalue weighted by Crippen LogP contribution is -2.46. The van der Waals surface area contributed by atoms with Crippen LogP contribution in [-0.4, -0.2) is 23.3 Å². The Morgan fingerprint density at radius 1 is 0.972 bits per heavy atom. The molecular weight excluding hydrogens is 458 g/mol. The van der Waals surface area contributed by atoms with E-state index < -0.39 is 29.5 Å². The van der Waals surface area contributed by atoms with Crippen molar-refractivity contribution in [1.82, 2.24) is 4.90 Å². The van der Waals surface area contributed by atoms with E-state index in [9.17, 15) is 18.4 Å². The highest BCUT2D eigenvalue weighted by Gasteiger charge is 2.40. The van der Waals surface area contributed by atoms with Gasteiger partial charge in [0.05, 0.1) is 17.5 Å². The second-order valence-corrected chi connectivity index (χ2v) is 10.5. The van der Waals surface area contributed by atoms with Gasteiger partial charge in [-0.15, -0.1) is 0 Å². The van der Waals surface area contributed by atoms with Crippen molar-refractivity contribution in [1.29, 1.82) is 0 Å². The summed E-state index contributed by atoms with van der Waals surface area (Å²) < 4.78 is 28.5. The molecule has 1 fully saturated rings. The Kier molecular flexibility index (Phi) is 7.25. The van der Waals surface area contributed by atoms with E-state index in [1.165, 1.54) is 6.92 Å². The van der Waals surface area contributed by atoms with Crippen LogP contribution in [0.1, 0.15) is 66.7 Å². The molecule has 1 heterocycles. The Morgan fingerprint density at radius 2 is 1.69 bits per heavy atom. The van der Waals surface area contributed by atoms with Gasteiger partial charge in [0.2, 0.25) is 5.91 Å². The zero-order chi connectivity index (χ0) is 26.0. The summed E-state index contributed by atoms with van der Waals surface area (Å²) in [4.78, 5) is 28.8. The summed E-state index contributed by atoms with van der Waals surface area (Å²) in [6.07, 6.45) is 1.18. The van der Waals surface area contributed by atoms with Crippen LogP contribution in [0.2, 0.25) is 0 Å². The third kappa shape index (κ3) is 5.32. The highest BCUT2D eigenvalue weighted by Crippen LogP contribution is 2.38. The first kappa shape index (κ1) is 25.5. The molecule has 1 aliphatic rings. The molecule has 0 radical (unpaired) electrons. The highest BCUT2D eigenvalue weighted by atomic mass is 19.1. The normalized spacial score (nSPS) is 18.1. The van der Waals surface area contributed by atoms with Crippen LogP contribution in [0.3, 0.4) is 0 Å². The number of amides is 2. The Balaban J connectivity index is 1.69. The fourth-order valence-corrected chi connectivity index (χ4v) is 4.98. The van der Waals surface area contributed by atoms with Gasteiger partial charge in [-0.3, -0.25) is 9.59 Å². The minimum atomic E-state index is -0.894. The second-order valence-electron chi connectivity index (χ2n) is 10.5. The van der Waals surface area contributed by atoms with Crippen LogP contribution in [0, 0.1) is 24.5 Å². The molecule has 1 N–H and O–H groups in total. The standard InChI is InChI=1S/C30H32F2N2O2/c1-19-16-22(31)18-25(32)26(19)29(36)34-15-9-14-24(27(34)20-10-6-5-7-11-20)28(35)33-23-13-8-12-21(17-23)30(2,3)4/h5-8,10-13,16-18,24,27H,9,14-15H2,1-4H3,(H,33,35)/t24?,27-/m0/s1. The molecule has 0 aromatic heterocycles. The van der Waals surface area contributed by atoms with E-state index in [-0.39, 0.29) is 22.4 Å². The lowest BCUT2D eigenvalue weighted by molar-refractivity contribution is -0.123. The lowest BCUT2D eigenvalue weighted by Gasteiger charge is -2.41. The quantitative estimate of drug-likeness (QED) is 0.437. The summed E-state index contributed by atoms with van der Waals surface area (Å²) >= 11 is 0. The molecule has 4 nitrogen and oxygen atoms in total. The molecule has 1 aliphatic heterocycles. The Hall–Kier alpha value is -3.54. The van der Waals surface area contributed by atoms with Crippen LogP contribution in [-0.2, 0) is 10.2 Å². The summed E-state index contributed by atoms with van der Waals surface area (Å²) in [6.45, 7) is 8.23. The Morgan fingerprint density at radius 3 is 2.36 bits per heavy atom. The van der Waals surface area contributed by atoms with Crippen LogP contribution in [0.5, 0.6) is 0 Å². The summed E-state index contributed by atoms with van der Waals surface area (Å²) in [6, 6.07) is 18.4. The average molecular weight is 491 g/mol. The zero-order valence-electron chi connectivity index (χ0n) is 21.1. The molecule has 3 aromatic carbocycles. The lowest BCUT2D eigenvalue weighted by atomic mass is 9.83. The number of carbonyl (C=O) groups is 2. The topological polar surface area (TPSA) is 49.4 Å². The van der Waals surface area contributed by atoms with Crippen molar-refractivity contribution < 1.29 is 18.4 Å². The van der Waals surface area contributed by atoms with Crippen molar-refractivity contribution in [2.75, 3.05) is 11.9 Å². The van der Waals surface area contributed by atoms with Gasteiger partial charge in [0.1, 0.15) is 11.6 Å². The fourth-order valence-electron chi connectivity index (χ4n) is 4.98. The summed E-state index contributed by atoms with van der Waals surface area (Å²) in [7, 11) is 0. The van der Waals surface area contributed by atoms with E-state index in [1.807, 2.05) is 54.6 Å². The molecule has 36 heavy (non-hydrogen) atoms. The van der Waals surface area contributed by atoms with Crippen molar-refractivity contribution in [3.63, 3.8) is 0 Å². The van der Waals surface area contributed by atoms with Crippen LogP contribution in [0.4, 0.5) is 14.5 Å². The molecule has 188 valence electrons. The van der Waals surface area contributed by atoms with E-state index in [1.54, 1.807) is 4.90 Å². The molecule has 4 rings (SSSR count). The molecular formula is C30H32F2N2O2. The predicted molar refractivity (Wildman–Crippen MR) is 138 cm³/mol. The van der Waals surface area contributed by atoms with Crippen LogP contribution >= 0.6 is 0 Å². The largest absolute Gasteiger partial charge is 0.331 e. The van der Waals surface area contributed by atoms with Crippen molar-refractivity contribution >= 4 is 17.5 Å². The number of hydrogen-bond donors (Lipinski definition) is 1. The van der Waals surface area contributed by atoms with E-state index in [2.05, 4.69) is 26.1 Å². The minimum Gasteiger partial charge on any atom is -0.331 e. The first-order valence-electron chi connectivity index (χ1n) is 12.3. The van der Waals surface area contributed by atoms with Crippen molar-refractivity contribution in [3.8, 4) is 0 Å².